The molecule has 0 aliphatic carbocycles. The van der Waals surface area contributed by atoms with E-state index in [0.29, 0.717) is 37.3 Å². The molecule has 1 aromatic carbocycles. The van der Waals surface area contributed by atoms with Crippen molar-refractivity contribution in [1.29, 1.82) is 0 Å². The molecule has 0 atom stereocenters. The highest BCUT2D eigenvalue weighted by atomic mass is 19.4. The fourth-order valence-corrected chi connectivity index (χ4v) is 2.18. The van der Waals surface area contributed by atoms with Gasteiger partial charge in [-0.3, -0.25) is 9.59 Å². The van der Waals surface area contributed by atoms with Gasteiger partial charge < -0.3 is 15.4 Å². The van der Waals surface area contributed by atoms with Crippen molar-refractivity contribution in [3.05, 3.63) is 41.5 Å². The highest BCUT2D eigenvalue weighted by Crippen LogP contribution is 2.16. The second-order valence-corrected chi connectivity index (χ2v) is 5.29. The number of carbonyl (C=O) groups is 2. The van der Waals surface area contributed by atoms with Crippen LogP contribution in [0.4, 0.5) is 18.9 Å². The summed E-state index contributed by atoms with van der Waals surface area (Å²) in [6.07, 6.45) is -1.99. The van der Waals surface area contributed by atoms with Gasteiger partial charge in [0.1, 0.15) is 0 Å². The van der Waals surface area contributed by atoms with E-state index in [1.807, 2.05) is 0 Å². The van der Waals surface area contributed by atoms with Gasteiger partial charge in [0.05, 0.1) is 13.2 Å². The molecule has 0 unspecified atom stereocenters. The number of hydrogen-bond acceptors (Lipinski definition) is 3. The lowest BCUT2D eigenvalue weighted by Gasteiger charge is -2.14. The first-order valence-electron chi connectivity index (χ1n) is 7.37. The van der Waals surface area contributed by atoms with Gasteiger partial charge in [0.15, 0.2) is 0 Å². The van der Waals surface area contributed by atoms with Crippen molar-refractivity contribution in [3.8, 4) is 0 Å². The van der Waals surface area contributed by atoms with Gasteiger partial charge in [-0.1, -0.05) is 17.7 Å². The van der Waals surface area contributed by atoms with E-state index in [2.05, 4.69) is 5.32 Å². The van der Waals surface area contributed by atoms with Crippen LogP contribution in [0.3, 0.4) is 0 Å². The molecule has 0 aromatic heterocycles. The summed E-state index contributed by atoms with van der Waals surface area (Å²) in [6.45, 7) is 0.904. The van der Waals surface area contributed by atoms with Crippen molar-refractivity contribution in [2.24, 2.45) is 0 Å². The Kier molecular flexibility index (Phi) is 5.97. The number of ether oxygens (including phenoxy) is 1. The van der Waals surface area contributed by atoms with Crippen LogP contribution in [0.2, 0.25) is 0 Å². The number of anilines is 1. The molecule has 0 saturated carbocycles. The molecular weight excluding hydrogens is 325 g/mol. The van der Waals surface area contributed by atoms with E-state index in [1.54, 1.807) is 23.5 Å². The fraction of sp³-hybridized carbons (Fsp3) is 0.375. The first-order chi connectivity index (χ1) is 11.3. The highest BCUT2D eigenvalue weighted by Gasteiger charge is 2.38. The van der Waals surface area contributed by atoms with Crippen LogP contribution in [-0.2, 0) is 20.9 Å². The third-order valence-corrected chi connectivity index (χ3v) is 3.38. The molecule has 1 saturated heterocycles. The second-order valence-electron chi connectivity index (χ2n) is 5.29. The Hall–Kier alpha value is -2.35. The van der Waals surface area contributed by atoms with E-state index in [4.69, 9.17) is 4.74 Å². The van der Waals surface area contributed by atoms with Crippen molar-refractivity contribution in [2.75, 3.05) is 18.5 Å². The van der Waals surface area contributed by atoms with Crippen molar-refractivity contribution >= 4 is 17.5 Å². The minimum absolute atomic E-state index is 0.277. The summed E-state index contributed by atoms with van der Waals surface area (Å²) in [5.41, 5.74) is 1.89. The van der Waals surface area contributed by atoms with Crippen molar-refractivity contribution < 1.29 is 27.5 Å². The number of carbonyl (C=O) groups excluding carboxylic acids is 2. The smallest absolute Gasteiger partial charge is 0.381 e. The van der Waals surface area contributed by atoms with E-state index >= 15 is 0 Å². The first kappa shape index (κ1) is 18.0. The van der Waals surface area contributed by atoms with Crippen molar-refractivity contribution in [2.45, 2.75) is 25.6 Å². The number of rotatable bonds is 4. The third-order valence-electron chi connectivity index (χ3n) is 3.38. The number of halogens is 3. The molecule has 0 bridgehead atoms. The van der Waals surface area contributed by atoms with E-state index in [1.165, 1.54) is 12.1 Å². The third kappa shape index (κ3) is 5.69. The summed E-state index contributed by atoms with van der Waals surface area (Å²) in [4.78, 5) is 22.7. The van der Waals surface area contributed by atoms with Crippen LogP contribution in [0.15, 0.2) is 35.9 Å². The Labute approximate surface area is 136 Å². The molecule has 130 valence electrons. The van der Waals surface area contributed by atoms with Crippen molar-refractivity contribution in [1.82, 2.24) is 5.32 Å². The molecule has 1 aliphatic heterocycles. The molecule has 0 radical (unpaired) electrons. The quantitative estimate of drug-likeness (QED) is 0.827. The van der Waals surface area contributed by atoms with Gasteiger partial charge in [-0.2, -0.15) is 13.2 Å². The van der Waals surface area contributed by atoms with Crippen LogP contribution in [0, 0.1) is 0 Å². The molecular formula is C16H17F3N2O3. The normalized spacial score (nSPS) is 14.9. The monoisotopic (exact) mass is 342 g/mol. The molecule has 0 spiro atoms. The molecule has 1 aromatic rings. The number of benzene rings is 1. The molecule has 8 heteroatoms. The molecule has 5 nitrogen and oxygen atoms in total. The molecule has 1 aliphatic rings. The molecule has 1 fully saturated rings. The van der Waals surface area contributed by atoms with Gasteiger partial charge in [-0.15, -0.1) is 0 Å². The number of hydrogen-bond donors (Lipinski definition) is 2. The number of amides is 2. The maximum absolute atomic E-state index is 12.1. The molecule has 24 heavy (non-hydrogen) atoms. The number of alkyl halides is 3. The minimum Gasteiger partial charge on any atom is -0.381 e. The fourth-order valence-electron chi connectivity index (χ4n) is 2.18. The topological polar surface area (TPSA) is 67.4 Å². The average molecular weight is 342 g/mol. The van der Waals surface area contributed by atoms with Crippen LogP contribution in [-0.4, -0.2) is 31.2 Å². The first-order valence-corrected chi connectivity index (χ1v) is 7.37. The molecule has 2 amide bonds. The van der Waals surface area contributed by atoms with Gasteiger partial charge in [-0.05, 0) is 30.5 Å². The maximum atomic E-state index is 12.1. The summed E-state index contributed by atoms with van der Waals surface area (Å²) in [6, 6.07) is 6.28. The Morgan fingerprint density at radius 3 is 2.58 bits per heavy atom. The van der Waals surface area contributed by atoms with E-state index < -0.39 is 12.1 Å². The Morgan fingerprint density at radius 2 is 1.92 bits per heavy atom. The predicted molar refractivity (Wildman–Crippen MR) is 81.1 cm³/mol. The lowest BCUT2D eigenvalue weighted by Crippen LogP contribution is -2.36. The predicted octanol–water partition coefficient (Wildman–Crippen LogP) is 2.54. The zero-order valence-electron chi connectivity index (χ0n) is 12.8. The Balaban J connectivity index is 1.92. The van der Waals surface area contributed by atoms with E-state index in [9.17, 15) is 22.8 Å². The molecule has 2 rings (SSSR count). The van der Waals surface area contributed by atoms with Gasteiger partial charge in [0.2, 0.25) is 5.91 Å². The second kappa shape index (κ2) is 7.96. The van der Waals surface area contributed by atoms with E-state index in [-0.39, 0.29) is 12.5 Å². The van der Waals surface area contributed by atoms with Gasteiger partial charge in [-0.25, -0.2) is 0 Å². The summed E-state index contributed by atoms with van der Waals surface area (Å²) < 4.78 is 41.6. The largest absolute Gasteiger partial charge is 0.471 e. The van der Waals surface area contributed by atoms with Gasteiger partial charge in [0.25, 0.3) is 0 Å². The zero-order chi connectivity index (χ0) is 17.6. The lowest BCUT2D eigenvalue weighted by atomic mass is 10.1. The maximum Gasteiger partial charge on any atom is 0.471 e. The Morgan fingerprint density at radius 1 is 1.21 bits per heavy atom. The highest BCUT2D eigenvalue weighted by molar-refractivity contribution is 5.99. The summed E-state index contributed by atoms with van der Waals surface area (Å²) >= 11 is 0. The van der Waals surface area contributed by atoms with Crippen LogP contribution in [0.5, 0.6) is 0 Å². The van der Waals surface area contributed by atoms with Crippen LogP contribution < -0.4 is 10.6 Å². The minimum atomic E-state index is -4.91. The van der Waals surface area contributed by atoms with Crippen LogP contribution in [0.25, 0.3) is 0 Å². The Bertz CT molecular complexity index is 634. The SMILES string of the molecule is O=C(C=C1CCOCC1)Nc1cccc(CNC(=O)C(F)(F)F)c1. The van der Waals surface area contributed by atoms with Crippen LogP contribution in [0.1, 0.15) is 18.4 Å². The zero-order valence-corrected chi connectivity index (χ0v) is 12.8. The van der Waals surface area contributed by atoms with Crippen molar-refractivity contribution in [3.63, 3.8) is 0 Å². The summed E-state index contributed by atoms with van der Waals surface area (Å²) in [7, 11) is 0. The molecule has 2 N–H and O–H groups in total. The standard InChI is InChI=1S/C16H17F3N2O3/c17-16(18,19)15(23)20-10-12-2-1-3-13(8-12)21-14(22)9-11-4-6-24-7-5-11/h1-3,8-9H,4-7,10H2,(H,20,23)(H,21,22). The number of nitrogens with one attached hydrogen (secondary N) is 2. The summed E-state index contributed by atoms with van der Waals surface area (Å²) in [5.74, 6) is -2.30. The molecule has 1 heterocycles. The van der Waals surface area contributed by atoms with Gasteiger partial charge >= 0.3 is 12.1 Å². The summed E-state index contributed by atoms with van der Waals surface area (Å²) in [5, 5.41) is 4.44. The lowest BCUT2D eigenvalue weighted by molar-refractivity contribution is -0.173. The van der Waals surface area contributed by atoms with Gasteiger partial charge in [0, 0.05) is 18.3 Å². The average Bonchev–Trinajstić information content (AvgIpc) is 2.53. The van der Waals surface area contributed by atoms with E-state index in [0.717, 1.165) is 5.57 Å². The van der Waals surface area contributed by atoms with Crippen LogP contribution >= 0.6 is 0 Å².